The van der Waals surface area contributed by atoms with Crippen molar-refractivity contribution in [3.05, 3.63) is 17.2 Å². The zero-order valence-electron chi connectivity index (χ0n) is 10.9. The summed E-state index contributed by atoms with van der Waals surface area (Å²) in [6, 6.07) is 3.60. The summed E-state index contributed by atoms with van der Waals surface area (Å²) in [5, 5.41) is 9.03. The lowest BCUT2D eigenvalue weighted by Gasteiger charge is -2.12. The highest BCUT2D eigenvalue weighted by Crippen LogP contribution is 2.49. The van der Waals surface area contributed by atoms with Crippen LogP contribution in [0, 0.1) is 11.3 Å². The second-order valence-electron chi connectivity index (χ2n) is 3.80. The molecule has 1 aromatic carbocycles. The molecule has 1 aromatic rings. The number of ether oxygens (including phenoxy) is 4. The maximum atomic E-state index is 9.03. The molecule has 0 amide bonds. The third-order valence-corrected chi connectivity index (χ3v) is 2.92. The molecule has 20 heavy (non-hydrogen) atoms. The van der Waals surface area contributed by atoms with Gasteiger partial charge in [0.2, 0.25) is 18.3 Å². The van der Waals surface area contributed by atoms with E-state index in [2.05, 4.69) is 0 Å². The van der Waals surface area contributed by atoms with Crippen LogP contribution < -0.4 is 24.7 Å². The number of fused-ring (bicyclic) bond motifs is 1. The van der Waals surface area contributed by atoms with Gasteiger partial charge in [-0.3, -0.25) is 0 Å². The van der Waals surface area contributed by atoms with E-state index in [0.717, 1.165) is 0 Å². The Morgan fingerprint density at radius 1 is 1.40 bits per heavy atom. The van der Waals surface area contributed by atoms with Gasteiger partial charge < -0.3 is 24.7 Å². The molecule has 1 aliphatic heterocycles. The highest BCUT2D eigenvalue weighted by molar-refractivity contribution is 7.80. The Morgan fingerprint density at radius 2 is 2.10 bits per heavy atom. The summed E-state index contributed by atoms with van der Waals surface area (Å²) < 4.78 is 21.3. The Balaban J connectivity index is 2.65. The molecule has 0 unspecified atom stereocenters. The van der Waals surface area contributed by atoms with Crippen molar-refractivity contribution in [3.8, 4) is 29.1 Å². The van der Waals surface area contributed by atoms with Crippen LogP contribution in [0.15, 0.2) is 11.6 Å². The Labute approximate surface area is 121 Å². The van der Waals surface area contributed by atoms with Crippen LogP contribution in [0.2, 0.25) is 0 Å². The van der Waals surface area contributed by atoms with Crippen LogP contribution in [0.3, 0.4) is 0 Å². The second-order valence-corrected chi connectivity index (χ2v) is 4.24. The van der Waals surface area contributed by atoms with E-state index in [4.69, 9.17) is 42.2 Å². The molecule has 0 fully saturated rings. The molecule has 0 bridgehead atoms. The summed E-state index contributed by atoms with van der Waals surface area (Å²) in [5.41, 5.74) is 6.22. The van der Waals surface area contributed by atoms with Gasteiger partial charge in [-0.15, -0.1) is 0 Å². The highest BCUT2D eigenvalue weighted by Gasteiger charge is 2.26. The third-order valence-electron chi connectivity index (χ3n) is 2.70. The number of thiocarbonyl (C=S) groups is 1. The molecule has 0 aromatic heterocycles. The summed E-state index contributed by atoms with van der Waals surface area (Å²) in [7, 11) is 3.00. The van der Waals surface area contributed by atoms with E-state index < -0.39 is 0 Å². The van der Waals surface area contributed by atoms with Crippen molar-refractivity contribution in [2.24, 2.45) is 5.73 Å². The summed E-state index contributed by atoms with van der Waals surface area (Å²) in [4.78, 5) is 0.00573. The molecule has 0 spiro atoms. The molecule has 2 N–H and O–H groups in total. The van der Waals surface area contributed by atoms with Gasteiger partial charge in [0.05, 0.1) is 19.8 Å². The monoisotopic (exact) mass is 292 g/mol. The van der Waals surface area contributed by atoms with Gasteiger partial charge in [-0.05, 0) is 12.1 Å². The first-order valence-corrected chi connectivity index (χ1v) is 5.99. The number of hydrogen-bond donors (Lipinski definition) is 1. The number of nitrogens with two attached hydrogens (primary N) is 1. The molecule has 7 heteroatoms. The van der Waals surface area contributed by atoms with Crippen LogP contribution in [0.25, 0.3) is 6.08 Å². The van der Waals surface area contributed by atoms with Gasteiger partial charge in [0, 0.05) is 5.56 Å². The maximum Gasteiger partial charge on any atom is 0.231 e. The molecule has 0 saturated carbocycles. The Morgan fingerprint density at radius 3 is 2.65 bits per heavy atom. The fourth-order valence-electron chi connectivity index (χ4n) is 1.82. The van der Waals surface area contributed by atoms with Crippen molar-refractivity contribution in [1.82, 2.24) is 0 Å². The summed E-state index contributed by atoms with van der Waals surface area (Å²) in [5.74, 6) is 1.81. The molecule has 0 aliphatic carbocycles. The maximum absolute atomic E-state index is 9.03. The number of rotatable bonds is 4. The number of nitrogens with zero attached hydrogens (tertiary/aromatic N) is 1. The molecule has 0 atom stereocenters. The van der Waals surface area contributed by atoms with E-state index in [9.17, 15) is 0 Å². The van der Waals surface area contributed by atoms with Crippen molar-refractivity contribution < 1.29 is 18.9 Å². The Hall–Kier alpha value is -2.46. The number of benzene rings is 1. The molecule has 1 heterocycles. The lowest BCUT2D eigenvalue weighted by Crippen LogP contribution is -2.09. The van der Waals surface area contributed by atoms with Crippen molar-refractivity contribution >= 4 is 23.3 Å². The largest absolute Gasteiger partial charge is 0.493 e. The topological polar surface area (TPSA) is 86.7 Å². The molecular weight excluding hydrogens is 280 g/mol. The van der Waals surface area contributed by atoms with Gasteiger partial charge in [0.15, 0.2) is 11.5 Å². The fraction of sp³-hybridized carbons (Fsp3) is 0.231. The minimum Gasteiger partial charge on any atom is -0.493 e. The van der Waals surface area contributed by atoms with E-state index in [-0.39, 0.29) is 17.4 Å². The van der Waals surface area contributed by atoms with Gasteiger partial charge in [-0.1, -0.05) is 12.2 Å². The predicted molar refractivity (Wildman–Crippen MR) is 76.0 cm³/mol. The van der Waals surface area contributed by atoms with Crippen molar-refractivity contribution in [1.29, 1.82) is 5.26 Å². The van der Waals surface area contributed by atoms with Crippen LogP contribution >= 0.6 is 12.2 Å². The van der Waals surface area contributed by atoms with E-state index in [1.54, 1.807) is 6.07 Å². The number of hydrogen-bond acceptors (Lipinski definition) is 6. The van der Waals surface area contributed by atoms with E-state index in [1.165, 1.54) is 20.3 Å². The van der Waals surface area contributed by atoms with Gasteiger partial charge in [0.1, 0.15) is 11.1 Å². The smallest absolute Gasteiger partial charge is 0.231 e. The van der Waals surface area contributed by atoms with Gasteiger partial charge in [-0.25, -0.2) is 0 Å². The summed E-state index contributed by atoms with van der Waals surface area (Å²) in [6.07, 6.45) is 1.52. The van der Waals surface area contributed by atoms with Crippen molar-refractivity contribution in [2.45, 2.75) is 0 Å². The predicted octanol–water partition coefficient (Wildman–Crippen LogP) is 1.63. The first-order valence-electron chi connectivity index (χ1n) is 5.58. The van der Waals surface area contributed by atoms with E-state index in [0.29, 0.717) is 28.6 Å². The van der Waals surface area contributed by atoms with Gasteiger partial charge >= 0.3 is 0 Å². The lowest BCUT2D eigenvalue weighted by atomic mass is 10.1. The molecule has 2 rings (SSSR count). The summed E-state index contributed by atoms with van der Waals surface area (Å²) in [6.45, 7) is 0.0790. The first kappa shape index (κ1) is 14.0. The van der Waals surface area contributed by atoms with Crippen LogP contribution in [0.1, 0.15) is 5.56 Å². The molecule has 6 nitrogen and oxygen atoms in total. The normalized spacial score (nSPS) is 12.8. The Bertz CT molecular complexity index is 634. The van der Waals surface area contributed by atoms with Crippen LogP contribution in [-0.2, 0) is 0 Å². The standard InChI is InChI=1S/C13H12N2O4S/c1-16-9-4-7(3-8(5-14)13(15)20)10(17-2)12-11(9)18-6-19-12/h3-4H,6H2,1-2H3,(H2,15,20)/b8-3-. The fourth-order valence-corrected chi connectivity index (χ4v) is 1.92. The first-order chi connectivity index (χ1) is 9.62. The quantitative estimate of drug-likeness (QED) is 0.512. The number of methoxy groups -OCH3 is 2. The zero-order valence-corrected chi connectivity index (χ0v) is 11.7. The highest BCUT2D eigenvalue weighted by atomic mass is 32.1. The SMILES string of the molecule is COc1cc(/C=C(/C#N)C(N)=S)c(OC)c2c1OCO2. The Kier molecular flexibility index (Phi) is 3.96. The van der Waals surface area contributed by atoms with Gasteiger partial charge in [0.25, 0.3) is 0 Å². The van der Waals surface area contributed by atoms with Crippen LogP contribution in [0.4, 0.5) is 0 Å². The average Bonchev–Trinajstić information content (AvgIpc) is 2.92. The van der Waals surface area contributed by atoms with E-state index in [1.807, 2.05) is 6.07 Å². The summed E-state index contributed by atoms with van der Waals surface area (Å²) >= 11 is 4.81. The molecule has 0 radical (unpaired) electrons. The van der Waals surface area contributed by atoms with Crippen molar-refractivity contribution in [2.75, 3.05) is 21.0 Å². The third kappa shape index (κ3) is 2.33. The average molecular weight is 292 g/mol. The molecule has 1 aliphatic rings. The van der Waals surface area contributed by atoms with Crippen molar-refractivity contribution in [3.63, 3.8) is 0 Å². The molecular formula is C13H12N2O4S. The minimum absolute atomic E-state index is 0.00573. The second kappa shape index (κ2) is 5.67. The van der Waals surface area contributed by atoms with Crippen LogP contribution in [0.5, 0.6) is 23.0 Å². The molecule has 104 valence electrons. The van der Waals surface area contributed by atoms with Crippen LogP contribution in [-0.4, -0.2) is 26.0 Å². The zero-order chi connectivity index (χ0) is 14.7. The lowest BCUT2D eigenvalue weighted by molar-refractivity contribution is 0.168. The number of nitriles is 1. The van der Waals surface area contributed by atoms with E-state index >= 15 is 0 Å². The van der Waals surface area contributed by atoms with Gasteiger partial charge in [-0.2, -0.15) is 5.26 Å². The molecule has 0 saturated heterocycles. The minimum atomic E-state index is 0.00573.